The summed E-state index contributed by atoms with van der Waals surface area (Å²) < 4.78 is 5.30. The summed E-state index contributed by atoms with van der Waals surface area (Å²) in [4.78, 5) is 4.29. The summed E-state index contributed by atoms with van der Waals surface area (Å²) in [6.07, 6.45) is 0. The van der Waals surface area contributed by atoms with Crippen LogP contribution in [0.3, 0.4) is 0 Å². The maximum absolute atomic E-state index is 9.19. The molecule has 0 atom stereocenters. The van der Waals surface area contributed by atoms with Gasteiger partial charge in [-0.05, 0) is 47.2 Å². The Bertz CT molecular complexity index is 1300. The molecule has 5 rings (SSSR count). The van der Waals surface area contributed by atoms with Gasteiger partial charge < -0.3 is 9.84 Å². The number of nitrogens with zero attached hydrogens (tertiary/aromatic N) is 3. The second-order valence-electron chi connectivity index (χ2n) is 6.52. The third kappa shape index (κ3) is 2.69. The fourth-order valence-corrected chi connectivity index (χ4v) is 3.37. The van der Waals surface area contributed by atoms with Crippen LogP contribution in [0.2, 0.25) is 0 Å². The number of aliphatic hydroxyl groups is 1. The van der Waals surface area contributed by atoms with Gasteiger partial charge in [-0.15, -0.1) is 0 Å². The molecule has 28 heavy (non-hydrogen) atoms. The molecule has 7 heteroatoms. The molecule has 0 radical (unpaired) electrons. The Morgan fingerprint density at radius 1 is 0.893 bits per heavy atom. The summed E-state index contributed by atoms with van der Waals surface area (Å²) in [5.41, 5.74) is 3.68. The Hall–Kier alpha value is -3.71. The van der Waals surface area contributed by atoms with E-state index >= 15 is 0 Å². The number of nitrogens with one attached hydrogen (secondary N) is 2. The van der Waals surface area contributed by atoms with E-state index in [1.807, 2.05) is 36.4 Å². The Labute approximate surface area is 160 Å². The van der Waals surface area contributed by atoms with Gasteiger partial charge in [0.05, 0.1) is 18.3 Å². The molecule has 0 aliphatic carbocycles. The average Bonchev–Trinajstić information content (AvgIpc) is 3.39. The van der Waals surface area contributed by atoms with Crippen LogP contribution in [0, 0.1) is 0 Å². The highest BCUT2D eigenvalue weighted by Gasteiger charge is 2.12. The number of H-pyrrole nitrogens is 2. The van der Waals surface area contributed by atoms with Crippen molar-refractivity contribution in [2.75, 3.05) is 7.11 Å². The lowest BCUT2D eigenvalue weighted by Gasteiger charge is -2.05. The van der Waals surface area contributed by atoms with Gasteiger partial charge in [-0.3, -0.25) is 10.2 Å². The molecule has 0 bridgehead atoms. The van der Waals surface area contributed by atoms with Crippen molar-refractivity contribution in [3.63, 3.8) is 0 Å². The first-order chi connectivity index (χ1) is 13.7. The van der Waals surface area contributed by atoms with Crippen molar-refractivity contribution in [3.8, 4) is 28.4 Å². The van der Waals surface area contributed by atoms with Gasteiger partial charge in [-0.1, -0.05) is 18.2 Å². The fourth-order valence-electron chi connectivity index (χ4n) is 3.37. The number of hydrogen-bond donors (Lipinski definition) is 3. The third-order valence-corrected chi connectivity index (χ3v) is 4.82. The normalized spacial score (nSPS) is 11.4. The van der Waals surface area contributed by atoms with Gasteiger partial charge in [-0.2, -0.15) is 10.2 Å². The molecule has 0 aliphatic heterocycles. The molecule has 0 unspecified atom stereocenters. The molecule has 0 saturated carbocycles. The molecule has 2 aromatic heterocycles. The van der Waals surface area contributed by atoms with Crippen LogP contribution in [-0.4, -0.2) is 37.6 Å². The van der Waals surface area contributed by atoms with E-state index in [2.05, 4.69) is 43.6 Å². The lowest BCUT2D eigenvalue weighted by atomic mass is 10.0. The number of aromatic amines is 2. The molecule has 3 aromatic carbocycles. The minimum Gasteiger partial charge on any atom is -0.497 e. The number of fused-ring (bicyclic) bond motifs is 2. The van der Waals surface area contributed by atoms with Crippen molar-refractivity contribution in [2.24, 2.45) is 0 Å². The van der Waals surface area contributed by atoms with Crippen LogP contribution in [0.15, 0.2) is 54.6 Å². The molecule has 2 heterocycles. The van der Waals surface area contributed by atoms with Crippen LogP contribution < -0.4 is 4.74 Å². The van der Waals surface area contributed by atoms with Gasteiger partial charge in [-0.25, -0.2) is 4.98 Å². The Morgan fingerprint density at radius 3 is 2.54 bits per heavy atom. The van der Waals surface area contributed by atoms with Crippen LogP contribution in [0.25, 0.3) is 44.3 Å². The summed E-state index contributed by atoms with van der Waals surface area (Å²) in [7, 11) is 1.67. The first-order valence-electron chi connectivity index (χ1n) is 8.84. The van der Waals surface area contributed by atoms with E-state index in [1.165, 1.54) is 0 Å². The lowest BCUT2D eigenvalue weighted by molar-refractivity contribution is 0.272. The van der Waals surface area contributed by atoms with Crippen molar-refractivity contribution in [1.29, 1.82) is 0 Å². The Morgan fingerprint density at radius 2 is 1.71 bits per heavy atom. The molecular weight excluding hydrogens is 354 g/mol. The van der Waals surface area contributed by atoms with Crippen molar-refractivity contribution >= 4 is 21.7 Å². The van der Waals surface area contributed by atoms with Crippen molar-refractivity contribution in [2.45, 2.75) is 6.61 Å². The maximum atomic E-state index is 9.19. The number of aliphatic hydroxyl groups excluding tert-OH is 1. The zero-order valence-corrected chi connectivity index (χ0v) is 15.1. The SMILES string of the molecule is COc1ccc2cc(-c3n[nH]c4ccc(-c5n[nH]c(CO)n5)cc34)ccc2c1. The number of aromatic nitrogens is 5. The predicted molar refractivity (Wildman–Crippen MR) is 107 cm³/mol. The number of ether oxygens (including phenoxy) is 1. The molecule has 7 nitrogen and oxygen atoms in total. The number of hydrogen-bond acceptors (Lipinski definition) is 5. The van der Waals surface area contributed by atoms with E-state index in [9.17, 15) is 5.11 Å². The Kier molecular flexibility index (Phi) is 3.80. The number of rotatable bonds is 4. The molecule has 0 aliphatic rings. The van der Waals surface area contributed by atoms with Crippen LogP contribution in [0.4, 0.5) is 0 Å². The van der Waals surface area contributed by atoms with E-state index in [-0.39, 0.29) is 6.61 Å². The van der Waals surface area contributed by atoms with Crippen molar-refractivity contribution < 1.29 is 9.84 Å². The molecule has 138 valence electrons. The van der Waals surface area contributed by atoms with E-state index in [1.54, 1.807) is 7.11 Å². The van der Waals surface area contributed by atoms with Crippen LogP contribution in [0.1, 0.15) is 5.82 Å². The van der Waals surface area contributed by atoms with Gasteiger partial charge in [0.1, 0.15) is 12.4 Å². The minimum atomic E-state index is -0.173. The second kappa shape index (κ2) is 6.47. The van der Waals surface area contributed by atoms with E-state index in [0.29, 0.717) is 11.6 Å². The van der Waals surface area contributed by atoms with Gasteiger partial charge in [0.2, 0.25) is 0 Å². The summed E-state index contributed by atoms with van der Waals surface area (Å²) in [6.45, 7) is -0.173. The zero-order valence-electron chi connectivity index (χ0n) is 15.1. The quantitative estimate of drug-likeness (QED) is 0.448. The highest BCUT2D eigenvalue weighted by Crippen LogP contribution is 2.32. The van der Waals surface area contributed by atoms with Gasteiger partial charge >= 0.3 is 0 Å². The highest BCUT2D eigenvalue weighted by molar-refractivity contribution is 5.97. The summed E-state index contributed by atoms with van der Waals surface area (Å²) in [6, 6.07) is 18.2. The summed E-state index contributed by atoms with van der Waals surface area (Å²) in [5.74, 6) is 1.82. The molecule has 0 spiro atoms. The van der Waals surface area contributed by atoms with Crippen molar-refractivity contribution in [3.05, 3.63) is 60.4 Å². The van der Waals surface area contributed by atoms with Crippen LogP contribution in [-0.2, 0) is 6.61 Å². The molecule has 5 aromatic rings. The zero-order chi connectivity index (χ0) is 19.1. The molecule has 3 N–H and O–H groups in total. The second-order valence-corrected chi connectivity index (χ2v) is 6.52. The largest absolute Gasteiger partial charge is 0.497 e. The van der Waals surface area contributed by atoms with E-state index < -0.39 is 0 Å². The summed E-state index contributed by atoms with van der Waals surface area (Å²) in [5, 5.41) is 26.9. The molecule has 0 fully saturated rings. The smallest absolute Gasteiger partial charge is 0.181 e. The van der Waals surface area contributed by atoms with Gasteiger partial charge in [0.15, 0.2) is 11.6 Å². The Balaban J connectivity index is 1.62. The average molecular weight is 371 g/mol. The minimum absolute atomic E-state index is 0.173. The lowest BCUT2D eigenvalue weighted by Crippen LogP contribution is -1.85. The van der Waals surface area contributed by atoms with Gasteiger partial charge in [0.25, 0.3) is 0 Å². The van der Waals surface area contributed by atoms with Gasteiger partial charge in [0, 0.05) is 16.5 Å². The fraction of sp³-hybridized carbons (Fsp3) is 0.0952. The standard InChI is InChI=1S/C21H17N5O2/c1-28-16-6-4-12-8-14(3-2-13(12)9-16)20-17-10-15(5-7-18(17)23-25-20)21-22-19(11-27)24-26-21/h2-10,27H,11H2,1H3,(H,23,25)(H,22,24,26). The molecule has 0 saturated heterocycles. The monoisotopic (exact) mass is 371 g/mol. The molecular formula is C21H17N5O2. The van der Waals surface area contributed by atoms with E-state index in [0.717, 1.165) is 44.2 Å². The molecule has 0 amide bonds. The van der Waals surface area contributed by atoms with Crippen LogP contribution >= 0.6 is 0 Å². The third-order valence-electron chi connectivity index (χ3n) is 4.82. The van der Waals surface area contributed by atoms with Crippen LogP contribution in [0.5, 0.6) is 5.75 Å². The topological polar surface area (TPSA) is 99.7 Å². The van der Waals surface area contributed by atoms with E-state index in [4.69, 9.17) is 4.74 Å². The maximum Gasteiger partial charge on any atom is 0.181 e. The number of methoxy groups -OCH3 is 1. The first kappa shape index (κ1) is 16.5. The predicted octanol–water partition coefficient (Wildman–Crippen LogP) is 3.67. The number of benzene rings is 3. The van der Waals surface area contributed by atoms with Crippen molar-refractivity contribution in [1.82, 2.24) is 25.4 Å². The highest BCUT2D eigenvalue weighted by atomic mass is 16.5. The summed E-state index contributed by atoms with van der Waals surface area (Å²) >= 11 is 0. The first-order valence-corrected chi connectivity index (χ1v) is 8.84.